The fourth-order valence-electron chi connectivity index (χ4n) is 7.99. The minimum atomic E-state index is 0.0923. The van der Waals surface area contributed by atoms with E-state index in [1.165, 1.54) is 54.7 Å². The van der Waals surface area contributed by atoms with E-state index in [1.54, 1.807) is 11.3 Å². The smallest absolute Gasteiger partial charge is 0.195 e. The van der Waals surface area contributed by atoms with Gasteiger partial charge in [0.05, 0.1) is 22.1 Å². The van der Waals surface area contributed by atoms with E-state index in [4.69, 9.17) is 0 Å². The summed E-state index contributed by atoms with van der Waals surface area (Å²) in [5, 5.41) is 6.60. The van der Waals surface area contributed by atoms with E-state index in [2.05, 4.69) is 144 Å². The number of nitrogens with zero attached hydrogens (tertiary/aromatic N) is 2. The predicted octanol–water partition coefficient (Wildman–Crippen LogP) is 11.9. The zero-order chi connectivity index (χ0) is 32.8. The highest BCUT2D eigenvalue weighted by atomic mass is 32.1. The standard InChI is InChI=1S/C45H30N2OS/c1-27-12-10-19-35-42-41-33-17-6-8-20-37(33)46(31-14-4-3-5-15-31)38(41)24-28(2)44(42)47(43(27)35)32-16-11-13-29(25-32)30-22-23-40-36(26-30)45(48)34-18-7-9-21-39(34)49-40/h3-26H,1-2H3. The van der Waals surface area contributed by atoms with Crippen LogP contribution in [0.2, 0.25) is 0 Å². The molecule has 0 aliphatic heterocycles. The molecule has 232 valence electrons. The number of aromatic nitrogens is 2. The van der Waals surface area contributed by atoms with Gasteiger partial charge in [0.15, 0.2) is 5.43 Å². The van der Waals surface area contributed by atoms with Crippen LogP contribution < -0.4 is 5.43 Å². The van der Waals surface area contributed by atoms with Crippen LogP contribution in [0.15, 0.2) is 150 Å². The third kappa shape index (κ3) is 4.05. The van der Waals surface area contributed by atoms with Crippen molar-refractivity contribution in [3.63, 3.8) is 0 Å². The Hall–Kier alpha value is -5.97. The third-order valence-electron chi connectivity index (χ3n) is 10.1. The number of para-hydroxylation sites is 3. The molecule has 0 bridgehead atoms. The molecular weight excluding hydrogens is 617 g/mol. The molecule has 0 saturated carbocycles. The van der Waals surface area contributed by atoms with Gasteiger partial charge in [-0.05, 0) is 96.8 Å². The Labute approximate surface area is 286 Å². The highest BCUT2D eigenvalue weighted by Gasteiger charge is 2.23. The minimum Gasteiger partial charge on any atom is -0.309 e. The number of fused-ring (bicyclic) bond motifs is 9. The summed E-state index contributed by atoms with van der Waals surface area (Å²) in [6.07, 6.45) is 0. The Balaban J connectivity index is 1.27. The molecule has 10 rings (SSSR count). The van der Waals surface area contributed by atoms with E-state index in [1.807, 2.05) is 24.3 Å². The maximum Gasteiger partial charge on any atom is 0.195 e. The van der Waals surface area contributed by atoms with E-state index < -0.39 is 0 Å². The van der Waals surface area contributed by atoms with E-state index in [9.17, 15) is 4.79 Å². The van der Waals surface area contributed by atoms with Crippen molar-refractivity contribution in [2.24, 2.45) is 0 Å². The summed E-state index contributed by atoms with van der Waals surface area (Å²) in [6, 6.07) is 51.5. The Morgan fingerprint density at radius 2 is 1.14 bits per heavy atom. The molecule has 0 unspecified atom stereocenters. The summed E-state index contributed by atoms with van der Waals surface area (Å²) in [5.74, 6) is 0. The zero-order valence-corrected chi connectivity index (χ0v) is 27.9. The second kappa shape index (κ2) is 10.5. The average molecular weight is 647 g/mol. The summed E-state index contributed by atoms with van der Waals surface area (Å²) in [5.41, 5.74) is 11.8. The van der Waals surface area contributed by atoms with Gasteiger partial charge in [0.2, 0.25) is 0 Å². The molecule has 0 N–H and O–H groups in total. The Kier molecular flexibility index (Phi) is 6.03. The molecule has 49 heavy (non-hydrogen) atoms. The summed E-state index contributed by atoms with van der Waals surface area (Å²) in [7, 11) is 0. The summed E-state index contributed by atoms with van der Waals surface area (Å²) in [4.78, 5) is 13.6. The van der Waals surface area contributed by atoms with Crippen LogP contribution in [-0.2, 0) is 0 Å². The van der Waals surface area contributed by atoms with Gasteiger partial charge in [0.1, 0.15) is 0 Å². The van der Waals surface area contributed by atoms with Crippen LogP contribution in [0.1, 0.15) is 11.1 Å². The molecule has 0 amide bonds. The van der Waals surface area contributed by atoms with Gasteiger partial charge in [0.25, 0.3) is 0 Å². The quantitative estimate of drug-likeness (QED) is 0.176. The van der Waals surface area contributed by atoms with Gasteiger partial charge in [-0.3, -0.25) is 4.79 Å². The van der Waals surface area contributed by atoms with Crippen LogP contribution in [0.4, 0.5) is 0 Å². The first-order chi connectivity index (χ1) is 24.1. The van der Waals surface area contributed by atoms with Crippen molar-refractivity contribution in [3.8, 4) is 22.5 Å². The first-order valence-electron chi connectivity index (χ1n) is 16.7. The summed E-state index contributed by atoms with van der Waals surface area (Å²) in [6.45, 7) is 4.46. The zero-order valence-electron chi connectivity index (χ0n) is 27.1. The van der Waals surface area contributed by atoms with E-state index >= 15 is 0 Å². The SMILES string of the molecule is Cc1cccc2c3c4c5ccccc5n(-c5ccccc5)c4cc(C)c3n(-c3cccc(-c4ccc5sc6ccccc6c(=O)c5c4)c3)c12. The van der Waals surface area contributed by atoms with Crippen molar-refractivity contribution in [3.05, 3.63) is 167 Å². The molecule has 3 heterocycles. The lowest BCUT2D eigenvalue weighted by atomic mass is 10.0. The van der Waals surface area contributed by atoms with Crippen LogP contribution in [0.25, 0.3) is 86.3 Å². The Morgan fingerprint density at radius 3 is 2.02 bits per heavy atom. The molecule has 0 radical (unpaired) electrons. The van der Waals surface area contributed by atoms with Gasteiger partial charge < -0.3 is 9.13 Å². The number of hydrogen-bond donors (Lipinski definition) is 0. The van der Waals surface area contributed by atoms with E-state index in [0.717, 1.165) is 42.7 Å². The van der Waals surface area contributed by atoms with Crippen LogP contribution >= 0.6 is 11.3 Å². The van der Waals surface area contributed by atoms with Crippen molar-refractivity contribution in [1.82, 2.24) is 9.13 Å². The molecule has 0 atom stereocenters. The van der Waals surface area contributed by atoms with Gasteiger partial charge in [-0.2, -0.15) is 0 Å². The van der Waals surface area contributed by atoms with E-state index in [0.29, 0.717) is 0 Å². The maximum absolute atomic E-state index is 13.6. The topological polar surface area (TPSA) is 26.9 Å². The van der Waals surface area contributed by atoms with Gasteiger partial charge in [-0.25, -0.2) is 0 Å². The summed E-state index contributed by atoms with van der Waals surface area (Å²) < 4.78 is 6.90. The fourth-order valence-corrected chi connectivity index (χ4v) is 9.04. The van der Waals surface area contributed by atoms with Gasteiger partial charge in [-0.15, -0.1) is 11.3 Å². The highest BCUT2D eigenvalue weighted by molar-refractivity contribution is 7.24. The number of hydrogen-bond acceptors (Lipinski definition) is 2. The predicted molar refractivity (Wildman–Crippen MR) is 209 cm³/mol. The molecule has 0 aliphatic carbocycles. The first kappa shape index (κ1) is 28.1. The van der Waals surface area contributed by atoms with Crippen molar-refractivity contribution in [2.75, 3.05) is 0 Å². The molecule has 10 aromatic rings. The first-order valence-corrected chi connectivity index (χ1v) is 17.5. The fraction of sp³-hybridized carbons (Fsp3) is 0.0444. The van der Waals surface area contributed by atoms with Gasteiger partial charge in [-0.1, -0.05) is 84.9 Å². The largest absolute Gasteiger partial charge is 0.309 e. The summed E-state index contributed by atoms with van der Waals surface area (Å²) >= 11 is 1.67. The molecule has 0 aliphatic rings. The second-order valence-electron chi connectivity index (χ2n) is 13.0. The maximum atomic E-state index is 13.6. The minimum absolute atomic E-state index is 0.0923. The van der Waals surface area contributed by atoms with Gasteiger partial charge in [0, 0.05) is 53.1 Å². The van der Waals surface area contributed by atoms with Crippen LogP contribution in [0, 0.1) is 13.8 Å². The average Bonchev–Trinajstić information content (AvgIpc) is 3.66. The molecule has 7 aromatic carbocycles. The second-order valence-corrected chi connectivity index (χ2v) is 14.1. The number of benzene rings is 7. The van der Waals surface area contributed by atoms with Crippen LogP contribution in [-0.4, -0.2) is 9.13 Å². The van der Waals surface area contributed by atoms with Crippen molar-refractivity contribution >= 4 is 75.1 Å². The number of rotatable bonds is 3. The monoisotopic (exact) mass is 646 g/mol. The molecule has 4 heteroatoms. The molecule has 3 aromatic heterocycles. The lowest BCUT2D eigenvalue weighted by Crippen LogP contribution is -2.01. The molecule has 0 spiro atoms. The lowest BCUT2D eigenvalue weighted by Gasteiger charge is -2.14. The number of aryl methyl sites for hydroxylation is 2. The normalized spacial score (nSPS) is 12.0. The lowest BCUT2D eigenvalue weighted by molar-refractivity contribution is 1.15. The van der Waals surface area contributed by atoms with Crippen molar-refractivity contribution in [1.29, 1.82) is 0 Å². The Bertz CT molecular complexity index is 3030. The molecule has 0 fully saturated rings. The third-order valence-corrected chi connectivity index (χ3v) is 11.3. The van der Waals surface area contributed by atoms with Crippen LogP contribution in [0.5, 0.6) is 0 Å². The van der Waals surface area contributed by atoms with Crippen molar-refractivity contribution in [2.45, 2.75) is 13.8 Å². The highest BCUT2D eigenvalue weighted by Crippen LogP contribution is 2.44. The van der Waals surface area contributed by atoms with E-state index in [-0.39, 0.29) is 5.43 Å². The van der Waals surface area contributed by atoms with Crippen LogP contribution in [0.3, 0.4) is 0 Å². The van der Waals surface area contributed by atoms with Gasteiger partial charge >= 0.3 is 0 Å². The van der Waals surface area contributed by atoms with Crippen molar-refractivity contribution < 1.29 is 0 Å². The Morgan fingerprint density at radius 1 is 0.449 bits per heavy atom. The molecule has 3 nitrogen and oxygen atoms in total. The molecular formula is C45H30N2OS. The molecule has 0 saturated heterocycles.